The lowest BCUT2D eigenvalue weighted by Gasteiger charge is -2.23. The average molecular weight is 337 g/mol. The summed E-state index contributed by atoms with van der Waals surface area (Å²) < 4.78 is 53.0. The zero-order valence-corrected chi connectivity index (χ0v) is 12.2. The Morgan fingerprint density at radius 1 is 1.43 bits per heavy atom. The molecule has 2 heterocycles. The normalized spacial score (nSPS) is 21.7. The second-order valence-corrected chi connectivity index (χ2v) is 5.48. The molecule has 0 aliphatic carbocycles. The maximum atomic E-state index is 13.5. The lowest BCUT2D eigenvalue weighted by molar-refractivity contribution is -0.142. The van der Waals surface area contributed by atoms with Gasteiger partial charge in [-0.1, -0.05) is 0 Å². The van der Waals surface area contributed by atoms with E-state index in [0.29, 0.717) is 0 Å². The van der Waals surface area contributed by atoms with E-state index in [9.17, 15) is 27.2 Å². The number of amides is 1. The number of aliphatic carboxylic acids is 1. The van der Waals surface area contributed by atoms with Crippen LogP contribution >= 0.6 is 0 Å². The van der Waals surface area contributed by atoms with Crippen LogP contribution < -0.4 is 0 Å². The summed E-state index contributed by atoms with van der Waals surface area (Å²) in [6.07, 6.45) is -6.17. The van der Waals surface area contributed by atoms with Crippen LogP contribution in [-0.2, 0) is 29.2 Å². The summed E-state index contributed by atoms with van der Waals surface area (Å²) in [7, 11) is 1.30. The summed E-state index contributed by atoms with van der Waals surface area (Å²) in [5, 5.41) is 12.1. The van der Waals surface area contributed by atoms with Gasteiger partial charge in [-0.05, 0) is 0 Å². The molecule has 23 heavy (non-hydrogen) atoms. The number of rotatable bonds is 4. The monoisotopic (exact) mass is 337 g/mol. The fourth-order valence-electron chi connectivity index (χ4n) is 2.73. The molecule has 1 N–H and O–H groups in total. The predicted molar refractivity (Wildman–Crippen MR) is 69.2 cm³/mol. The van der Waals surface area contributed by atoms with Gasteiger partial charge in [-0.25, -0.2) is 4.39 Å². The summed E-state index contributed by atoms with van der Waals surface area (Å²) in [5.41, 5.74) is -1.49. The van der Waals surface area contributed by atoms with E-state index < -0.39 is 48.8 Å². The topological polar surface area (TPSA) is 75.4 Å². The zero-order chi connectivity index (χ0) is 17.4. The number of carboxylic acid groups (broad SMARTS) is 1. The van der Waals surface area contributed by atoms with Gasteiger partial charge in [0.1, 0.15) is 6.17 Å². The molecule has 1 aromatic rings. The zero-order valence-electron chi connectivity index (χ0n) is 12.2. The van der Waals surface area contributed by atoms with E-state index in [4.69, 9.17) is 5.11 Å². The Hall–Kier alpha value is -2.13. The Morgan fingerprint density at radius 3 is 2.65 bits per heavy atom. The largest absolute Gasteiger partial charge is 0.481 e. The second-order valence-electron chi connectivity index (χ2n) is 5.48. The number of nitrogens with zero attached hydrogens (tertiary/aromatic N) is 3. The maximum Gasteiger partial charge on any atom is 0.435 e. The first kappa shape index (κ1) is 17.2. The third-order valence-electron chi connectivity index (χ3n) is 3.61. The third-order valence-corrected chi connectivity index (χ3v) is 3.61. The van der Waals surface area contributed by atoms with Crippen molar-refractivity contribution in [1.29, 1.82) is 0 Å². The molecular formula is C13H15F4N3O3. The highest BCUT2D eigenvalue weighted by Gasteiger charge is 2.40. The Morgan fingerprint density at radius 2 is 2.09 bits per heavy atom. The molecule has 1 aliphatic heterocycles. The molecule has 2 atom stereocenters. The number of hydrogen-bond acceptors (Lipinski definition) is 3. The van der Waals surface area contributed by atoms with Crippen LogP contribution in [0.2, 0.25) is 0 Å². The quantitative estimate of drug-likeness (QED) is 0.843. The minimum absolute atomic E-state index is 0.128. The van der Waals surface area contributed by atoms with Crippen molar-refractivity contribution in [3.8, 4) is 0 Å². The molecule has 0 unspecified atom stereocenters. The summed E-state index contributed by atoms with van der Waals surface area (Å²) in [6, 6.07) is -0.846. The first-order chi connectivity index (χ1) is 10.6. The Labute approximate surface area is 128 Å². The molecular weight excluding hydrogens is 322 g/mol. The van der Waals surface area contributed by atoms with Crippen molar-refractivity contribution >= 4 is 11.9 Å². The number of alkyl halides is 4. The number of carboxylic acids is 1. The van der Waals surface area contributed by atoms with Crippen molar-refractivity contribution < 1.29 is 32.3 Å². The number of carbonyl (C=O) groups is 2. The molecule has 0 aromatic carbocycles. The maximum absolute atomic E-state index is 13.5. The van der Waals surface area contributed by atoms with E-state index in [-0.39, 0.29) is 18.5 Å². The molecule has 0 bridgehead atoms. The molecule has 0 spiro atoms. The van der Waals surface area contributed by atoms with Gasteiger partial charge in [0, 0.05) is 31.3 Å². The smallest absolute Gasteiger partial charge is 0.435 e. The number of likely N-dealkylation sites (tertiary alicyclic amines) is 1. The summed E-state index contributed by atoms with van der Waals surface area (Å²) in [5.74, 6) is -1.94. The second kappa shape index (κ2) is 6.17. The molecule has 2 rings (SSSR count). The number of aromatic nitrogens is 2. The number of hydrogen-bond donors (Lipinski definition) is 1. The lowest BCUT2D eigenvalue weighted by atomic mass is 10.1. The van der Waals surface area contributed by atoms with Crippen molar-refractivity contribution in [2.75, 3.05) is 6.54 Å². The molecule has 1 amide bonds. The first-order valence-corrected chi connectivity index (χ1v) is 6.83. The number of carbonyl (C=O) groups excluding carboxylic acids is 1. The lowest BCUT2D eigenvalue weighted by Crippen LogP contribution is -2.38. The van der Waals surface area contributed by atoms with Crippen LogP contribution in [0.5, 0.6) is 0 Å². The Kier molecular flexibility index (Phi) is 4.62. The molecule has 1 fully saturated rings. The van der Waals surface area contributed by atoms with Gasteiger partial charge >= 0.3 is 12.1 Å². The SMILES string of the molecule is Cn1cc(CC(=O)N2C[C@@H](F)C[C@H]2CC(=O)O)c(C(F)(F)F)n1. The molecule has 1 aromatic heterocycles. The van der Waals surface area contributed by atoms with Crippen molar-refractivity contribution in [3.63, 3.8) is 0 Å². The van der Waals surface area contributed by atoms with Crippen LogP contribution in [0.15, 0.2) is 6.20 Å². The van der Waals surface area contributed by atoms with Gasteiger partial charge in [-0.2, -0.15) is 18.3 Å². The fourth-order valence-corrected chi connectivity index (χ4v) is 2.73. The van der Waals surface area contributed by atoms with Crippen LogP contribution in [0, 0.1) is 0 Å². The van der Waals surface area contributed by atoms with Crippen LogP contribution in [0.1, 0.15) is 24.1 Å². The Bertz CT molecular complexity index is 614. The van der Waals surface area contributed by atoms with Gasteiger partial charge in [-0.15, -0.1) is 0 Å². The van der Waals surface area contributed by atoms with Gasteiger partial charge in [0.2, 0.25) is 5.91 Å². The summed E-state index contributed by atoms with van der Waals surface area (Å²) in [6.45, 7) is -0.307. The van der Waals surface area contributed by atoms with E-state index in [0.717, 1.165) is 15.8 Å². The Balaban J connectivity index is 2.17. The van der Waals surface area contributed by atoms with E-state index in [1.165, 1.54) is 7.05 Å². The van der Waals surface area contributed by atoms with Crippen LogP contribution in [0.3, 0.4) is 0 Å². The summed E-state index contributed by atoms with van der Waals surface area (Å²) in [4.78, 5) is 24.0. The third kappa shape index (κ3) is 3.99. The van der Waals surface area contributed by atoms with Gasteiger partial charge in [-0.3, -0.25) is 14.3 Å². The molecule has 0 saturated carbocycles. The highest BCUT2D eigenvalue weighted by atomic mass is 19.4. The van der Waals surface area contributed by atoms with E-state index >= 15 is 0 Å². The highest BCUT2D eigenvalue weighted by Crippen LogP contribution is 2.31. The molecule has 1 aliphatic rings. The van der Waals surface area contributed by atoms with E-state index in [1.807, 2.05) is 0 Å². The van der Waals surface area contributed by atoms with Gasteiger partial charge < -0.3 is 10.0 Å². The highest BCUT2D eigenvalue weighted by molar-refractivity contribution is 5.80. The molecule has 10 heteroatoms. The molecule has 6 nitrogen and oxygen atoms in total. The van der Waals surface area contributed by atoms with Crippen molar-refractivity contribution in [2.24, 2.45) is 7.05 Å². The van der Waals surface area contributed by atoms with E-state index in [2.05, 4.69) is 5.10 Å². The minimum atomic E-state index is -4.70. The van der Waals surface area contributed by atoms with Crippen LogP contribution in [0.25, 0.3) is 0 Å². The first-order valence-electron chi connectivity index (χ1n) is 6.83. The number of halogens is 4. The van der Waals surface area contributed by atoms with Gasteiger partial charge in [0.15, 0.2) is 5.69 Å². The predicted octanol–water partition coefficient (Wildman–Crippen LogP) is 1.40. The summed E-state index contributed by atoms with van der Waals surface area (Å²) >= 11 is 0. The molecule has 1 saturated heterocycles. The fraction of sp³-hybridized carbons (Fsp3) is 0.615. The minimum Gasteiger partial charge on any atom is -0.481 e. The van der Waals surface area contributed by atoms with Crippen LogP contribution in [0.4, 0.5) is 17.6 Å². The standard InChI is InChI=1S/C13H15F4N3O3/c1-19-5-7(12(18-19)13(15,16)17)2-10(21)20-6-8(14)3-9(20)4-11(22)23/h5,8-9H,2-4,6H2,1H3,(H,22,23)/t8-,9-/m0/s1. The number of aryl methyl sites for hydroxylation is 1. The van der Waals surface area contributed by atoms with Gasteiger partial charge in [0.05, 0.1) is 19.4 Å². The van der Waals surface area contributed by atoms with Crippen molar-refractivity contribution in [2.45, 2.75) is 37.7 Å². The van der Waals surface area contributed by atoms with Crippen molar-refractivity contribution in [3.05, 3.63) is 17.5 Å². The molecule has 0 radical (unpaired) electrons. The average Bonchev–Trinajstić information content (AvgIpc) is 2.91. The van der Waals surface area contributed by atoms with E-state index in [1.54, 1.807) is 0 Å². The van der Waals surface area contributed by atoms with Gasteiger partial charge in [0.25, 0.3) is 0 Å². The molecule has 128 valence electrons. The van der Waals surface area contributed by atoms with Crippen LogP contribution in [-0.4, -0.2) is 50.4 Å². The van der Waals surface area contributed by atoms with Crippen molar-refractivity contribution in [1.82, 2.24) is 14.7 Å².